The molecule has 0 bridgehead atoms. The van der Waals surface area contributed by atoms with Gasteiger partial charge in [0.1, 0.15) is 18.3 Å². The van der Waals surface area contributed by atoms with Gasteiger partial charge in [-0.25, -0.2) is 0 Å². The van der Waals surface area contributed by atoms with Crippen molar-refractivity contribution in [1.82, 2.24) is 0 Å². The topological polar surface area (TPSA) is 119 Å². The molecular weight excluding hydrogens is 548 g/mol. The zero-order valence-corrected chi connectivity index (χ0v) is 27.6. The number of allylic oxidation sites excluding steroid dienone is 1. The molecule has 0 saturated heterocycles. The lowest BCUT2D eigenvalue weighted by atomic mass is 9.45. The monoisotopic (exact) mass is 602 g/mol. The molecule has 3 fully saturated rings. The van der Waals surface area contributed by atoms with Crippen LogP contribution < -0.4 is 0 Å². The van der Waals surface area contributed by atoms with Crippen LogP contribution in [0.1, 0.15) is 94.4 Å². The largest absolute Gasteiger partial charge is 0.459 e. The number of fused-ring (bicyclic) bond motifs is 5. The van der Waals surface area contributed by atoms with Crippen LogP contribution in [0.15, 0.2) is 23.3 Å². The Morgan fingerprint density at radius 3 is 2.14 bits per heavy atom. The molecule has 4 aliphatic rings. The molecule has 3 saturated carbocycles. The van der Waals surface area contributed by atoms with Gasteiger partial charge in [0.15, 0.2) is 0 Å². The fourth-order valence-electron chi connectivity index (χ4n) is 9.83. The van der Waals surface area contributed by atoms with Gasteiger partial charge >= 0.3 is 17.9 Å². The van der Waals surface area contributed by atoms with Crippen molar-refractivity contribution in [2.75, 3.05) is 6.61 Å². The summed E-state index contributed by atoms with van der Waals surface area (Å²) in [7, 11) is 0. The summed E-state index contributed by atoms with van der Waals surface area (Å²) in [6.07, 6.45) is 5.27. The number of carbonyl (C=O) groups is 3. The van der Waals surface area contributed by atoms with Crippen LogP contribution in [-0.2, 0) is 28.6 Å². The summed E-state index contributed by atoms with van der Waals surface area (Å²) in [4.78, 5) is 36.8. The first-order valence-electron chi connectivity index (χ1n) is 16.3. The maximum Gasteiger partial charge on any atom is 0.303 e. The van der Waals surface area contributed by atoms with Gasteiger partial charge in [-0.15, -0.1) is 0 Å². The van der Waals surface area contributed by atoms with Crippen LogP contribution in [-0.4, -0.2) is 59.1 Å². The molecule has 8 nitrogen and oxygen atoms in total. The average Bonchev–Trinajstić information content (AvgIpc) is 3.23. The van der Waals surface area contributed by atoms with Gasteiger partial charge in [0, 0.05) is 32.6 Å². The number of carbonyl (C=O) groups excluding carboxylic acids is 3. The number of ether oxygens (including phenoxy) is 3. The highest BCUT2D eigenvalue weighted by molar-refractivity contribution is 5.68. The highest BCUT2D eigenvalue weighted by atomic mass is 16.6. The SMILES string of the molecule is CC(=O)OC1C=C2C3CCC(C(C)C=C(CO)C(C)C(C)C)C3(C)CC(O)C2C2(C)CCC(OC(C)=O)C(OC(C)=O)C12. The molecule has 12 unspecified atom stereocenters. The molecule has 0 amide bonds. The first-order valence-corrected chi connectivity index (χ1v) is 16.3. The molecule has 0 aliphatic heterocycles. The molecule has 12 atom stereocenters. The quantitative estimate of drug-likeness (QED) is 0.215. The van der Waals surface area contributed by atoms with Crippen molar-refractivity contribution in [3.63, 3.8) is 0 Å². The molecule has 8 heteroatoms. The van der Waals surface area contributed by atoms with Crippen molar-refractivity contribution in [3.05, 3.63) is 23.3 Å². The van der Waals surface area contributed by atoms with E-state index >= 15 is 0 Å². The first-order chi connectivity index (χ1) is 20.0. The predicted molar refractivity (Wildman–Crippen MR) is 162 cm³/mol. The summed E-state index contributed by atoms with van der Waals surface area (Å²) in [6.45, 7) is 17.3. The second kappa shape index (κ2) is 12.7. The van der Waals surface area contributed by atoms with E-state index in [1.54, 1.807) is 0 Å². The minimum Gasteiger partial charge on any atom is -0.459 e. The highest BCUT2D eigenvalue weighted by Crippen LogP contribution is 2.67. The molecule has 0 heterocycles. The number of aliphatic hydroxyl groups excluding tert-OH is 2. The third kappa shape index (κ3) is 6.20. The molecule has 242 valence electrons. The summed E-state index contributed by atoms with van der Waals surface area (Å²) in [5, 5.41) is 22.3. The van der Waals surface area contributed by atoms with Gasteiger partial charge in [0.25, 0.3) is 0 Å². The molecule has 0 aromatic heterocycles. The van der Waals surface area contributed by atoms with Crippen molar-refractivity contribution < 1.29 is 38.8 Å². The Kier molecular flexibility index (Phi) is 9.92. The third-order valence-corrected chi connectivity index (χ3v) is 11.9. The summed E-state index contributed by atoms with van der Waals surface area (Å²) < 4.78 is 17.5. The molecular formula is C35H54O8. The molecule has 4 aliphatic carbocycles. The molecule has 0 aromatic carbocycles. The number of hydrogen-bond acceptors (Lipinski definition) is 8. The molecule has 43 heavy (non-hydrogen) atoms. The van der Waals surface area contributed by atoms with E-state index < -0.39 is 53.7 Å². The normalized spacial score (nSPS) is 40.4. The van der Waals surface area contributed by atoms with Crippen molar-refractivity contribution >= 4 is 17.9 Å². The van der Waals surface area contributed by atoms with Crippen molar-refractivity contribution in [2.24, 2.45) is 52.3 Å². The Morgan fingerprint density at radius 2 is 1.58 bits per heavy atom. The number of esters is 3. The molecule has 2 N–H and O–H groups in total. The van der Waals surface area contributed by atoms with Crippen LogP contribution in [0.3, 0.4) is 0 Å². The van der Waals surface area contributed by atoms with Crippen molar-refractivity contribution in [1.29, 1.82) is 0 Å². The Bertz CT molecular complexity index is 1140. The van der Waals surface area contributed by atoms with E-state index in [1.165, 1.54) is 20.8 Å². The van der Waals surface area contributed by atoms with Gasteiger partial charge in [-0.3, -0.25) is 14.4 Å². The van der Waals surface area contributed by atoms with E-state index in [4.69, 9.17) is 14.2 Å². The lowest BCUT2D eigenvalue weighted by Gasteiger charge is -2.61. The second-order valence-electron chi connectivity index (χ2n) is 14.8. The van der Waals surface area contributed by atoms with E-state index in [0.717, 1.165) is 24.0 Å². The standard InChI is InChI=1S/C35H54O8/c1-18(2)20(4)24(17-36)14-19(3)26-10-11-27-25-15-30(42-22(6)38)32-33(43-23(7)39)29(41-21(5)37)12-13-34(32,8)31(25)28(40)16-35(26,27)9/h14-15,18-20,26-33,36,40H,10-13,16-17H2,1-9H3. The van der Waals surface area contributed by atoms with Crippen LogP contribution in [0.25, 0.3) is 0 Å². The third-order valence-electron chi connectivity index (χ3n) is 11.9. The van der Waals surface area contributed by atoms with Gasteiger partial charge in [-0.2, -0.15) is 0 Å². The summed E-state index contributed by atoms with van der Waals surface area (Å²) in [5.41, 5.74) is 1.50. The number of hydrogen-bond donors (Lipinski definition) is 2. The first kappa shape index (κ1) is 33.7. The fraction of sp³-hybridized carbons (Fsp3) is 0.800. The predicted octanol–water partition coefficient (Wildman–Crippen LogP) is 5.40. The van der Waals surface area contributed by atoms with Crippen LogP contribution in [0.5, 0.6) is 0 Å². The van der Waals surface area contributed by atoms with Gasteiger partial charge in [-0.1, -0.05) is 53.2 Å². The minimum atomic E-state index is -0.802. The van der Waals surface area contributed by atoms with Crippen LogP contribution in [0, 0.1) is 52.3 Å². The lowest BCUT2D eigenvalue weighted by molar-refractivity contribution is -0.210. The molecule has 4 rings (SSSR count). The summed E-state index contributed by atoms with van der Waals surface area (Å²) in [5.74, 6) is -0.585. The molecule has 0 radical (unpaired) electrons. The average molecular weight is 603 g/mol. The summed E-state index contributed by atoms with van der Waals surface area (Å²) >= 11 is 0. The second-order valence-corrected chi connectivity index (χ2v) is 14.8. The Balaban J connectivity index is 1.77. The Hall–Kier alpha value is -2.19. The minimum absolute atomic E-state index is 0.0496. The summed E-state index contributed by atoms with van der Waals surface area (Å²) in [6, 6.07) is 0. The maximum atomic E-state index is 12.4. The smallest absolute Gasteiger partial charge is 0.303 e. The van der Waals surface area contributed by atoms with Crippen LogP contribution in [0.4, 0.5) is 0 Å². The molecule has 0 spiro atoms. The zero-order chi connectivity index (χ0) is 32.0. The van der Waals surface area contributed by atoms with Gasteiger partial charge in [0.2, 0.25) is 0 Å². The van der Waals surface area contributed by atoms with E-state index in [-0.39, 0.29) is 35.7 Å². The van der Waals surface area contributed by atoms with Crippen LogP contribution >= 0.6 is 0 Å². The fourth-order valence-corrected chi connectivity index (χ4v) is 9.83. The molecule has 0 aromatic rings. The number of rotatable bonds is 8. The van der Waals surface area contributed by atoms with Gasteiger partial charge in [0.05, 0.1) is 12.7 Å². The number of aliphatic hydroxyl groups is 2. The highest BCUT2D eigenvalue weighted by Gasteiger charge is 2.65. The Morgan fingerprint density at radius 1 is 0.953 bits per heavy atom. The van der Waals surface area contributed by atoms with E-state index in [9.17, 15) is 24.6 Å². The van der Waals surface area contributed by atoms with Gasteiger partial charge in [-0.05, 0) is 84.2 Å². The zero-order valence-electron chi connectivity index (χ0n) is 27.6. The lowest BCUT2D eigenvalue weighted by Crippen LogP contribution is -2.63. The maximum absolute atomic E-state index is 12.4. The van der Waals surface area contributed by atoms with E-state index in [2.05, 4.69) is 47.6 Å². The van der Waals surface area contributed by atoms with E-state index in [1.807, 2.05) is 6.08 Å². The van der Waals surface area contributed by atoms with Crippen molar-refractivity contribution in [2.45, 2.75) is 119 Å². The van der Waals surface area contributed by atoms with Crippen molar-refractivity contribution in [3.8, 4) is 0 Å². The van der Waals surface area contributed by atoms with E-state index in [0.29, 0.717) is 31.1 Å². The van der Waals surface area contributed by atoms with Crippen LogP contribution in [0.2, 0.25) is 0 Å². The van der Waals surface area contributed by atoms with Gasteiger partial charge < -0.3 is 24.4 Å². The Labute approximate surface area is 257 Å².